The van der Waals surface area contributed by atoms with Gasteiger partial charge >= 0.3 is 0 Å². The molecule has 26 heavy (non-hydrogen) atoms. The average Bonchev–Trinajstić information content (AvgIpc) is 3.18. The number of hydrogen-bond acceptors (Lipinski definition) is 5. The fourth-order valence-corrected chi connectivity index (χ4v) is 3.37. The minimum atomic E-state index is -3.69. The van der Waals surface area contributed by atoms with Gasteiger partial charge in [-0.25, -0.2) is 17.8 Å². The Morgan fingerprint density at radius 3 is 2.46 bits per heavy atom. The van der Waals surface area contributed by atoms with Crippen molar-refractivity contribution in [3.8, 4) is 17.2 Å². The van der Waals surface area contributed by atoms with E-state index in [9.17, 15) is 8.42 Å². The Kier molecular flexibility index (Phi) is 5.24. The summed E-state index contributed by atoms with van der Waals surface area (Å²) in [4.78, 5) is 0.0989. The molecule has 0 aliphatic carbocycles. The van der Waals surface area contributed by atoms with Crippen molar-refractivity contribution in [2.24, 2.45) is 0 Å². The van der Waals surface area contributed by atoms with Crippen LogP contribution in [0.15, 0.2) is 65.8 Å². The van der Waals surface area contributed by atoms with Gasteiger partial charge in [-0.3, -0.25) is 0 Å². The molecule has 0 radical (unpaired) electrons. The second-order valence-electron chi connectivity index (χ2n) is 5.47. The van der Waals surface area contributed by atoms with Crippen LogP contribution in [0.2, 0.25) is 0 Å². The van der Waals surface area contributed by atoms with Crippen LogP contribution >= 0.6 is 0 Å². The number of sulfonamides is 1. The number of para-hydroxylation sites is 1. The van der Waals surface area contributed by atoms with Gasteiger partial charge in [-0.05, 0) is 29.8 Å². The van der Waals surface area contributed by atoms with Crippen LogP contribution < -0.4 is 14.2 Å². The Labute approximate surface area is 152 Å². The molecule has 0 aliphatic rings. The minimum absolute atomic E-state index is 0.0989. The summed E-state index contributed by atoms with van der Waals surface area (Å²) >= 11 is 0. The smallest absolute Gasteiger partial charge is 0.244 e. The number of nitrogens with zero attached hydrogens (tertiary/aromatic N) is 2. The quantitative estimate of drug-likeness (QED) is 0.687. The van der Waals surface area contributed by atoms with Gasteiger partial charge in [-0.15, -0.1) is 0 Å². The van der Waals surface area contributed by atoms with Crippen molar-refractivity contribution in [2.75, 3.05) is 14.2 Å². The monoisotopic (exact) mass is 373 g/mol. The molecule has 3 rings (SSSR count). The first-order valence-electron chi connectivity index (χ1n) is 7.84. The van der Waals surface area contributed by atoms with E-state index in [-0.39, 0.29) is 11.4 Å². The predicted octanol–water partition coefficient (Wildman–Crippen LogP) is 2.37. The molecular formula is C18H19N3O4S. The first-order valence-corrected chi connectivity index (χ1v) is 9.32. The molecule has 8 heteroatoms. The lowest BCUT2D eigenvalue weighted by Crippen LogP contribution is -2.22. The summed E-state index contributed by atoms with van der Waals surface area (Å²) in [7, 11) is -0.609. The number of methoxy groups -OCH3 is 2. The SMILES string of the molecule is COc1ccc(CNS(=O)(=O)c2cnn(-c3ccccc3)c2)cc1OC. The fraction of sp³-hybridized carbons (Fsp3) is 0.167. The molecule has 1 heterocycles. The van der Waals surface area contributed by atoms with Crippen molar-refractivity contribution in [2.45, 2.75) is 11.4 Å². The van der Waals surface area contributed by atoms with Crippen LogP contribution in [0.4, 0.5) is 0 Å². The Balaban J connectivity index is 1.75. The topological polar surface area (TPSA) is 82.5 Å². The molecule has 0 saturated carbocycles. The normalized spacial score (nSPS) is 11.3. The van der Waals surface area contributed by atoms with Gasteiger partial charge in [0, 0.05) is 6.54 Å². The van der Waals surface area contributed by atoms with Crippen LogP contribution in [0.3, 0.4) is 0 Å². The van der Waals surface area contributed by atoms with Crippen LogP contribution in [-0.4, -0.2) is 32.4 Å². The van der Waals surface area contributed by atoms with E-state index in [1.807, 2.05) is 30.3 Å². The third kappa shape index (κ3) is 3.87. The maximum absolute atomic E-state index is 12.5. The van der Waals surface area contributed by atoms with Crippen LogP contribution in [0.25, 0.3) is 5.69 Å². The summed E-state index contributed by atoms with van der Waals surface area (Å²) in [5, 5.41) is 4.12. The Morgan fingerprint density at radius 2 is 1.77 bits per heavy atom. The van der Waals surface area contributed by atoms with Crippen LogP contribution in [0, 0.1) is 0 Å². The molecule has 3 aromatic rings. The highest BCUT2D eigenvalue weighted by atomic mass is 32.2. The van der Waals surface area contributed by atoms with Crippen molar-refractivity contribution >= 4 is 10.0 Å². The first kappa shape index (κ1) is 18.0. The van der Waals surface area contributed by atoms with Gasteiger partial charge in [0.2, 0.25) is 10.0 Å². The maximum Gasteiger partial charge on any atom is 0.244 e. The molecule has 0 aliphatic heterocycles. The second-order valence-corrected chi connectivity index (χ2v) is 7.24. The lowest BCUT2D eigenvalue weighted by atomic mass is 10.2. The molecule has 0 fully saturated rings. The maximum atomic E-state index is 12.5. The van der Waals surface area contributed by atoms with Gasteiger partial charge in [0.1, 0.15) is 4.90 Å². The van der Waals surface area contributed by atoms with Gasteiger partial charge < -0.3 is 9.47 Å². The molecule has 0 spiro atoms. The number of benzene rings is 2. The summed E-state index contributed by atoms with van der Waals surface area (Å²) in [6.45, 7) is 0.124. The summed E-state index contributed by atoms with van der Waals surface area (Å²) in [5.74, 6) is 1.13. The van der Waals surface area contributed by atoms with Crippen LogP contribution in [0.1, 0.15) is 5.56 Å². The highest BCUT2D eigenvalue weighted by Gasteiger charge is 2.17. The molecule has 0 amide bonds. The molecule has 0 bridgehead atoms. The molecule has 136 valence electrons. The first-order chi connectivity index (χ1) is 12.5. The highest BCUT2D eigenvalue weighted by Crippen LogP contribution is 2.27. The third-order valence-electron chi connectivity index (χ3n) is 3.80. The Bertz CT molecular complexity index is 985. The van der Waals surface area contributed by atoms with Crippen molar-refractivity contribution < 1.29 is 17.9 Å². The van der Waals surface area contributed by atoms with E-state index in [4.69, 9.17) is 9.47 Å². The molecule has 1 aromatic heterocycles. The standard InChI is InChI=1S/C18H19N3O4S/c1-24-17-9-8-14(10-18(17)25-2)11-20-26(22,23)16-12-19-21(13-16)15-6-4-3-5-7-15/h3-10,12-13,20H,11H2,1-2H3. The number of aromatic nitrogens is 2. The lowest BCUT2D eigenvalue weighted by molar-refractivity contribution is 0.354. The van der Waals surface area contributed by atoms with Crippen LogP contribution in [-0.2, 0) is 16.6 Å². The zero-order valence-electron chi connectivity index (χ0n) is 14.4. The van der Waals surface area contributed by atoms with E-state index in [1.165, 1.54) is 24.2 Å². The lowest BCUT2D eigenvalue weighted by Gasteiger charge is -2.10. The molecule has 2 aromatic carbocycles. The van der Waals surface area contributed by atoms with E-state index in [2.05, 4.69) is 9.82 Å². The fourth-order valence-electron chi connectivity index (χ4n) is 2.42. The Hall–Kier alpha value is -2.84. The molecular weight excluding hydrogens is 354 g/mol. The number of ether oxygens (including phenoxy) is 2. The molecule has 1 N–H and O–H groups in total. The molecule has 7 nitrogen and oxygen atoms in total. The predicted molar refractivity (Wildman–Crippen MR) is 97.1 cm³/mol. The van der Waals surface area contributed by atoms with Gasteiger partial charge in [0.15, 0.2) is 11.5 Å². The van der Waals surface area contributed by atoms with E-state index in [0.717, 1.165) is 11.3 Å². The van der Waals surface area contributed by atoms with Crippen molar-refractivity contribution in [1.29, 1.82) is 0 Å². The summed E-state index contributed by atoms with van der Waals surface area (Å²) in [6.07, 6.45) is 2.80. The van der Waals surface area contributed by atoms with Crippen molar-refractivity contribution in [1.82, 2.24) is 14.5 Å². The van der Waals surface area contributed by atoms with Crippen molar-refractivity contribution in [3.05, 3.63) is 66.5 Å². The summed E-state index contributed by atoms with van der Waals surface area (Å²) in [5.41, 5.74) is 1.54. The van der Waals surface area contributed by atoms with E-state index in [1.54, 1.807) is 25.3 Å². The van der Waals surface area contributed by atoms with Gasteiger partial charge in [-0.2, -0.15) is 5.10 Å². The van der Waals surface area contributed by atoms with Crippen molar-refractivity contribution in [3.63, 3.8) is 0 Å². The molecule has 0 saturated heterocycles. The van der Waals surface area contributed by atoms with E-state index in [0.29, 0.717) is 11.5 Å². The van der Waals surface area contributed by atoms with E-state index < -0.39 is 10.0 Å². The largest absolute Gasteiger partial charge is 0.493 e. The molecule has 0 unspecified atom stereocenters. The van der Waals surface area contributed by atoms with Gasteiger partial charge in [0.25, 0.3) is 0 Å². The number of nitrogens with one attached hydrogen (secondary N) is 1. The van der Waals surface area contributed by atoms with Crippen LogP contribution in [0.5, 0.6) is 11.5 Å². The Morgan fingerprint density at radius 1 is 1.04 bits per heavy atom. The number of rotatable bonds is 7. The summed E-state index contributed by atoms with van der Waals surface area (Å²) < 4.78 is 39.5. The number of hydrogen-bond donors (Lipinski definition) is 1. The second kappa shape index (κ2) is 7.59. The van der Waals surface area contributed by atoms with Gasteiger partial charge in [-0.1, -0.05) is 24.3 Å². The highest BCUT2D eigenvalue weighted by molar-refractivity contribution is 7.89. The zero-order valence-corrected chi connectivity index (χ0v) is 15.2. The minimum Gasteiger partial charge on any atom is -0.493 e. The van der Waals surface area contributed by atoms with E-state index >= 15 is 0 Å². The van der Waals surface area contributed by atoms with Gasteiger partial charge in [0.05, 0.1) is 32.3 Å². The summed E-state index contributed by atoms with van der Waals surface area (Å²) in [6, 6.07) is 14.5. The zero-order chi connectivity index (χ0) is 18.6. The third-order valence-corrected chi connectivity index (χ3v) is 5.16. The molecule has 0 atom stereocenters. The average molecular weight is 373 g/mol.